The Morgan fingerprint density at radius 2 is 1.91 bits per heavy atom. The van der Waals surface area contributed by atoms with Crippen molar-refractivity contribution in [2.75, 3.05) is 13.7 Å². The molecule has 7 nitrogen and oxygen atoms in total. The highest BCUT2D eigenvalue weighted by Crippen LogP contribution is 2.33. The van der Waals surface area contributed by atoms with Gasteiger partial charge >= 0.3 is 0 Å². The van der Waals surface area contributed by atoms with Crippen molar-refractivity contribution in [3.05, 3.63) is 65.1 Å². The number of carbonyl (C=O) groups is 1. The van der Waals surface area contributed by atoms with Gasteiger partial charge < -0.3 is 24.9 Å². The van der Waals surface area contributed by atoms with Crippen LogP contribution in [-0.2, 0) is 6.54 Å². The number of halogens is 3. The van der Waals surface area contributed by atoms with Crippen LogP contribution in [0.3, 0.4) is 0 Å². The number of methoxy groups -OCH3 is 1. The number of nitrogens with two attached hydrogens (primary N) is 1. The maximum Gasteiger partial charge on any atom is 0.273 e. The van der Waals surface area contributed by atoms with Crippen LogP contribution in [0.2, 0.25) is 0 Å². The molecule has 32 heavy (non-hydrogen) atoms. The molecule has 0 saturated carbocycles. The highest BCUT2D eigenvalue weighted by Gasteiger charge is 2.24. The van der Waals surface area contributed by atoms with Gasteiger partial charge in [0.25, 0.3) is 5.91 Å². The molecule has 3 aromatic rings. The van der Waals surface area contributed by atoms with Crippen molar-refractivity contribution in [2.24, 2.45) is 5.73 Å². The molecule has 0 aliphatic heterocycles. The zero-order valence-corrected chi connectivity index (χ0v) is 18.6. The van der Waals surface area contributed by atoms with Crippen molar-refractivity contribution in [2.45, 2.75) is 26.4 Å². The molecule has 0 fully saturated rings. The van der Waals surface area contributed by atoms with Gasteiger partial charge in [0.05, 0.1) is 19.8 Å². The molecule has 0 radical (unpaired) electrons. The van der Waals surface area contributed by atoms with E-state index >= 15 is 0 Å². The third kappa shape index (κ3) is 5.35. The summed E-state index contributed by atoms with van der Waals surface area (Å²) in [5.41, 5.74) is 6.18. The molecule has 172 valence electrons. The summed E-state index contributed by atoms with van der Waals surface area (Å²) in [4.78, 5) is 17.0. The van der Waals surface area contributed by atoms with Gasteiger partial charge in [0.1, 0.15) is 11.6 Å². The third-order valence-electron chi connectivity index (χ3n) is 4.48. The fourth-order valence-electron chi connectivity index (χ4n) is 2.96. The van der Waals surface area contributed by atoms with Crippen molar-refractivity contribution in [3.63, 3.8) is 0 Å². The number of benzene rings is 2. The first-order chi connectivity index (χ1) is 14.8. The largest absolute Gasteiger partial charge is 0.493 e. The number of nitrogens with one attached hydrogen (secondary N) is 1. The summed E-state index contributed by atoms with van der Waals surface area (Å²) < 4.78 is 44.2. The molecule has 0 aliphatic rings. The lowest BCUT2D eigenvalue weighted by Crippen LogP contribution is -2.26. The van der Waals surface area contributed by atoms with Crippen LogP contribution >= 0.6 is 12.4 Å². The number of carbonyl (C=O) groups excluding carboxylic acids is 1. The molecule has 0 bridgehead atoms. The summed E-state index contributed by atoms with van der Waals surface area (Å²) in [5.74, 6) is -0.846. The molecule has 1 aromatic heterocycles. The Labute approximate surface area is 190 Å². The van der Waals surface area contributed by atoms with E-state index < -0.39 is 23.6 Å². The Balaban J connectivity index is 0.00000363. The van der Waals surface area contributed by atoms with E-state index in [4.69, 9.17) is 19.6 Å². The highest BCUT2D eigenvalue weighted by atomic mass is 35.5. The molecule has 10 heteroatoms. The van der Waals surface area contributed by atoms with E-state index in [1.807, 2.05) is 6.92 Å². The van der Waals surface area contributed by atoms with Crippen LogP contribution in [0.4, 0.5) is 8.78 Å². The SMILES string of the molecule is CCOc1cc(-c2nc(C(=O)NCc3c(F)cccc3F)c([C@H](C)N)o2)ccc1OC.Cl. The van der Waals surface area contributed by atoms with E-state index in [1.165, 1.54) is 13.2 Å². The standard InChI is InChI=1S/C22H23F2N3O4.ClH/c1-4-30-18-10-13(8-9-17(18)29-3)22-27-19(20(31-22)12(2)25)21(28)26-11-14-15(23)6-5-7-16(14)24;/h5-10,12H,4,11,25H2,1-3H3,(H,26,28);1H/t12-;/m0./s1. The van der Waals surface area contributed by atoms with Crippen molar-refractivity contribution in [1.82, 2.24) is 10.3 Å². The van der Waals surface area contributed by atoms with E-state index in [0.29, 0.717) is 23.7 Å². The van der Waals surface area contributed by atoms with Gasteiger partial charge in [-0.2, -0.15) is 0 Å². The van der Waals surface area contributed by atoms with Gasteiger partial charge in [0.2, 0.25) is 5.89 Å². The first-order valence-electron chi connectivity index (χ1n) is 9.64. The topological polar surface area (TPSA) is 99.6 Å². The fraction of sp³-hybridized carbons (Fsp3) is 0.273. The average molecular weight is 468 g/mol. The lowest BCUT2D eigenvalue weighted by atomic mass is 10.2. The number of nitrogens with zero attached hydrogens (tertiary/aromatic N) is 1. The van der Waals surface area contributed by atoms with Gasteiger partial charge in [0.15, 0.2) is 23.0 Å². The Kier molecular flexibility index (Phi) is 8.56. The molecule has 3 N–H and O–H groups in total. The Bertz CT molecular complexity index is 1070. The molecular formula is C22H24ClF2N3O4. The number of rotatable bonds is 8. The normalized spacial score (nSPS) is 11.4. The highest BCUT2D eigenvalue weighted by molar-refractivity contribution is 5.94. The van der Waals surface area contributed by atoms with Gasteiger partial charge in [-0.15, -0.1) is 12.4 Å². The van der Waals surface area contributed by atoms with Crippen LogP contribution in [-0.4, -0.2) is 24.6 Å². The second kappa shape index (κ2) is 10.9. The number of ether oxygens (including phenoxy) is 2. The predicted octanol–water partition coefficient (Wildman–Crippen LogP) is 4.40. The maximum absolute atomic E-state index is 13.8. The number of hydrogen-bond donors (Lipinski definition) is 2. The predicted molar refractivity (Wildman–Crippen MR) is 117 cm³/mol. The van der Waals surface area contributed by atoms with Gasteiger partial charge in [0, 0.05) is 17.7 Å². The van der Waals surface area contributed by atoms with E-state index in [-0.39, 0.29) is 41.9 Å². The van der Waals surface area contributed by atoms with Gasteiger partial charge in [-0.1, -0.05) is 6.07 Å². The molecule has 2 aromatic carbocycles. The number of hydrogen-bond acceptors (Lipinski definition) is 6. The lowest BCUT2D eigenvalue weighted by molar-refractivity contribution is 0.0943. The summed E-state index contributed by atoms with van der Waals surface area (Å²) in [6.45, 7) is 3.55. The van der Waals surface area contributed by atoms with Gasteiger partial charge in [-0.3, -0.25) is 4.79 Å². The Morgan fingerprint density at radius 1 is 1.22 bits per heavy atom. The van der Waals surface area contributed by atoms with Crippen molar-refractivity contribution in [1.29, 1.82) is 0 Å². The van der Waals surface area contributed by atoms with E-state index in [0.717, 1.165) is 12.1 Å². The first kappa shape index (κ1) is 25.1. The van der Waals surface area contributed by atoms with Crippen LogP contribution in [0.5, 0.6) is 11.5 Å². The molecule has 0 unspecified atom stereocenters. The van der Waals surface area contributed by atoms with Gasteiger partial charge in [-0.05, 0) is 44.2 Å². The summed E-state index contributed by atoms with van der Waals surface area (Å²) in [7, 11) is 1.53. The van der Waals surface area contributed by atoms with E-state index in [1.54, 1.807) is 25.1 Å². The van der Waals surface area contributed by atoms with Crippen molar-refractivity contribution >= 4 is 18.3 Å². The summed E-state index contributed by atoms with van der Waals surface area (Å²) >= 11 is 0. The molecule has 3 rings (SSSR count). The zero-order chi connectivity index (χ0) is 22.5. The second-order valence-corrected chi connectivity index (χ2v) is 6.70. The molecular weight excluding hydrogens is 444 g/mol. The maximum atomic E-state index is 13.8. The minimum Gasteiger partial charge on any atom is -0.493 e. The van der Waals surface area contributed by atoms with Crippen molar-refractivity contribution < 1.29 is 27.5 Å². The Hall–Kier alpha value is -3.17. The summed E-state index contributed by atoms with van der Waals surface area (Å²) in [5, 5.41) is 2.47. The number of oxazole rings is 1. The first-order valence-corrected chi connectivity index (χ1v) is 9.64. The lowest BCUT2D eigenvalue weighted by Gasteiger charge is -2.09. The van der Waals surface area contributed by atoms with E-state index in [9.17, 15) is 13.6 Å². The monoisotopic (exact) mass is 467 g/mol. The summed E-state index contributed by atoms with van der Waals surface area (Å²) in [6.07, 6.45) is 0. The summed E-state index contributed by atoms with van der Waals surface area (Å²) in [6, 6.07) is 7.91. The van der Waals surface area contributed by atoms with Crippen LogP contribution < -0.4 is 20.5 Å². The minimum absolute atomic E-state index is 0. The van der Waals surface area contributed by atoms with Crippen LogP contribution in [0, 0.1) is 11.6 Å². The molecule has 1 amide bonds. The minimum atomic E-state index is -0.754. The quantitative estimate of drug-likeness (QED) is 0.509. The van der Waals surface area contributed by atoms with Crippen molar-refractivity contribution in [3.8, 4) is 23.0 Å². The number of aromatic nitrogens is 1. The molecule has 0 saturated heterocycles. The zero-order valence-electron chi connectivity index (χ0n) is 17.8. The third-order valence-corrected chi connectivity index (χ3v) is 4.48. The average Bonchev–Trinajstić information content (AvgIpc) is 3.19. The van der Waals surface area contributed by atoms with Crippen LogP contribution in [0.25, 0.3) is 11.5 Å². The van der Waals surface area contributed by atoms with Gasteiger partial charge in [-0.25, -0.2) is 13.8 Å². The van der Waals surface area contributed by atoms with Crippen LogP contribution in [0.1, 0.15) is 41.7 Å². The molecule has 0 aliphatic carbocycles. The van der Waals surface area contributed by atoms with E-state index in [2.05, 4.69) is 10.3 Å². The van der Waals surface area contributed by atoms with Crippen LogP contribution in [0.15, 0.2) is 40.8 Å². The smallest absolute Gasteiger partial charge is 0.273 e. The molecule has 1 heterocycles. The fourth-order valence-corrected chi connectivity index (χ4v) is 2.96. The number of amides is 1. The molecule has 1 atom stereocenters. The second-order valence-electron chi connectivity index (χ2n) is 6.70. The molecule has 0 spiro atoms. The Morgan fingerprint density at radius 3 is 2.50 bits per heavy atom.